The van der Waals surface area contributed by atoms with Crippen molar-refractivity contribution in [2.45, 2.75) is 20.0 Å². The highest BCUT2D eigenvalue weighted by molar-refractivity contribution is 6.31. The monoisotopic (exact) mass is 335 g/mol. The van der Waals surface area contributed by atoms with Crippen LogP contribution in [-0.4, -0.2) is 11.0 Å². The second-order valence-corrected chi connectivity index (χ2v) is 5.80. The molecule has 2 aromatic carbocycles. The van der Waals surface area contributed by atoms with Crippen LogP contribution < -0.4 is 4.74 Å². The van der Waals surface area contributed by atoms with Crippen molar-refractivity contribution in [3.63, 3.8) is 0 Å². The average molecular weight is 336 g/mol. The maximum atomic E-state index is 6.14. The van der Waals surface area contributed by atoms with Crippen LogP contribution in [0, 0.1) is 6.92 Å². The van der Waals surface area contributed by atoms with Gasteiger partial charge in [0.1, 0.15) is 12.4 Å². The van der Waals surface area contributed by atoms with Gasteiger partial charge in [0.2, 0.25) is 0 Å². The minimum absolute atomic E-state index is 0.411. The smallest absolute Gasteiger partial charge is 0.173 e. The molecule has 22 heavy (non-hydrogen) atoms. The third-order valence-corrected chi connectivity index (χ3v) is 4.14. The molecule has 0 N–H and O–H groups in total. The summed E-state index contributed by atoms with van der Waals surface area (Å²) in [6.07, 6.45) is 0.688. The molecule has 114 valence electrons. The summed E-state index contributed by atoms with van der Waals surface area (Å²) >= 11 is 11.9. The van der Waals surface area contributed by atoms with Crippen LogP contribution in [0.3, 0.4) is 0 Å². The molecule has 3 rings (SSSR count). The average Bonchev–Trinajstić information content (AvgIpc) is 2.93. The molecular formula is C17H15Cl2NO2. The zero-order valence-corrected chi connectivity index (χ0v) is 13.6. The predicted octanol–water partition coefficient (Wildman–Crippen LogP) is 5.15. The van der Waals surface area contributed by atoms with E-state index in [-0.39, 0.29) is 0 Å². The van der Waals surface area contributed by atoms with Gasteiger partial charge in [0, 0.05) is 33.8 Å². The molecule has 0 fully saturated rings. The van der Waals surface area contributed by atoms with Crippen molar-refractivity contribution in [2.75, 3.05) is 5.88 Å². The number of fused-ring (bicyclic) bond motifs is 1. The lowest BCUT2D eigenvalue weighted by Gasteiger charge is -2.10. The van der Waals surface area contributed by atoms with E-state index in [0.717, 1.165) is 33.5 Å². The number of rotatable bonds is 5. The number of nitrogens with zero attached hydrogens (tertiary/aromatic N) is 1. The van der Waals surface area contributed by atoms with Crippen molar-refractivity contribution in [3.8, 4) is 5.75 Å². The summed E-state index contributed by atoms with van der Waals surface area (Å²) in [5.74, 6) is 1.28. The molecule has 1 heterocycles. The highest BCUT2D eigenvalue weighted by Gasteiger charge is 2.13. The number of benzene rings is 2. The molecule has 0 aliphatic carbocycles. The number of halogens is 2. The van der Waals surface area contributed by atoms with Gasteiger partial charge in [-0.3, -0.25) is 0 Å². The van der Waals surface area contributed by atoms with Crippen molar-refractivity contribution in [1.82, 2.24) is 5.16 Å². The molecule has 0 aliphatic rings. The molecule has 3 nitrogen and oxygen atoms in total. The largest absolute Gasteiger partial charge is 0.488 e. The van der Waals surface area contributed by atoms with Crippen LogP contribution in [0.4, 0.5) is 0 Å². The summed E-state index contributed by atoms with van der Waals surface area (Å²) in [5, 5.41) is 5.77. The first-order chi connectivity index (χ1) is 10.7. The van der Waals surface area contributed by atoms with Crippen molar-refractivity contribution >= 4 is 34.2 Å². The Morgan fingerprint density at radius 1 is 1.18 bits per heavy atom. The first-order valence-corrected chi connectivity index (χ1v) is 7.92. The lowest BCUT2D eigenvalue weighted by molar-refractivity contribution is 0.304. The van der Waals surface area contributed by atoms with Gasteiger partial charge in [-0.1, -0.05) is 35.0 Å². The van der Waals surface area contributed by atoms with Crippen molar-refractivity contribution in [1.29, 1.82) is 0 Å². The van der Waals surface area contributed by atoms with E-state index < -0.39 is 0 Å². The van der Waals surface area contributed by atoms with Crippen LogP contribution in [-0.2, 0) is 13.0 Å². The first kappa shape index (κ1) is 15.2. The Morgan fingerprint density at radius 3 is 2.77 bits per heavy atom. The van der Waals surface area contributed by atoms with E-state index in [0.29, 0.717) is 23.9 Å². The Labute approximate surface area is 138 Å². The maximum Gasteiger partial charge on any atom is 0.173 e. The number of aryl methyl sites for hydroxylation is 2. The topological polar surface area (TPSA) is 35.3 Å². The normalized spacial score (nSPS) is 11.0. The molecular weight excluding hydrogens is 321 g/mol. The van der Waals surface area contributed by atoms with E-state index in [4.69, 9.17) is 32.5 Å². The zero-order valence-electron chi connectivity index (χ0n) is 12.1. The second kappa shape index (κ2) is 6.59. The molecule has 0 unspecified atom stereocenters. The summed E-state index contributed by atoms with van der Waals surface area (Å²) in [7, 11) is 0. The Hall–Kier alpha value is -1.71. The summed E-state index contributed by atoms with van der Waals surface area (Å²) in [6.45, 7) is 2.37. The number of ether oxygens (including phenoxy) is 1. The molecule has 0 atom stereocenters. The number of alkyl halides is 1. The van der Waals surface area contributed by atoms with Gasteiger partial charge in [0.15, 0.2) is 5.58 Å². The Kier molecular flexibility index (Phi) is 4.55. The minimum atomic E-state index is 0.411. The second-order valence-electron chi connectivity index (χ2n) is 5.01. The number of aromatic nitrogens is 1. The molecule has 0 amide bonds. The Bertz CT molecular complexity index is 798. The van der Waals surface area contributed by atoms with E-state index in [1.807, 2.05) is 43.3 Å². The van der Waals surface area contributed by atoms with Gasteiger partial charge in [-0.2, -0.15) is 0 Å². The van der Waals surface area contributed by atoms with Crippen molar-refractivity contribution in [3.05, 3.63) is 58.2 Å². The third-order valence-electron chi connectivity index (χ3n) is 3.59. The minimum Gasteiger partial charge on any atom is -0.488 e. The van der Waals surface area contributed by atoms with Crippen LogP contribution in [0.15, 0.2) is 40.9 Å². The fourth-order valence-corrected chi connectivity index (χ4v) is 2.73. The van der Waals surface area contributed by atoms with Crippen LogP contribution in [0.2, 0.25) is 5.02 Å². The van der Waals surface area contributed by atoms with Crippen molar-refractivity contribution < 1.29 is 9.26 Å². The van der Waals surface area contributed by atoms with E-state index in [2.05, 4.69) is 5.16 Å². The standard InChI is InChI=1S/C17H15Cl2NO2/c1-11-16(21-10-12-4-2-3-5-14(12)19)7-6-13-15(8-9-18)20-22-17(11)13/h2-7H,8-10H2,1H3. The lowest BCUT2D eigenvalue weighted by Crippen LogP contribution is -1.98. The molecule has 0 bridgehead atoms. The van der Waals surface area contributed by atoms with Crippen LogP contribution >= 0.6 is 23.2 Å². The maximum absolute atomic E-state index is 6.14. The molecule has 0 saturated heterocycles. The van der Waals surface area contributed by atoms with Crippen molar-refractivity contribution in [2.24, 2.45) is 0 Å². The third kappa shape index (κ3) is 2.92. The van der Waals surface area contributed by atoms with Gasteiger partial charge in [-0.25, -0.2) is 0 Å². The molecule has 5 heteroatoms. The molecule has 3 aromatic rings. The fraction of sp³-hybridized carbons (Fsp3) is 0.235. The summed E-state index contributed by atoms with van der Waals surface area (Å²) in [5.41, 5.74) is 3.50. The van der Waals surface area contributed by atoms with Gasteiger partial charge in [-0.15, -0.1) is 11.6 Å². The predicted molar refractivity (Wildman–Crippen MR) is 89.0 cm³/mol. The summed E-state index contributed by atoms with van der Waals surface area (Å²) < 4.78 is 11.3. The molecule has 0 radical (unpaired) electrons. The van der Waals surface area contributed by atoms with Crippen LogP contribution in [0.1, 0.15) is 16.8 Å². The quantitative estimate of drug-likeness (QED) is 0.605. The van der Waals surface area contributed by atoms with Gasteiger partial charge >= 0.3 is 0 Å². The lowest BCUT2D eigenvalue weighted by atomic mass is 10.1. The Balaban J connectivity index is 1.86. The van der Waals surface area contributed by atoms with Crippen LogP contribution in [0.25, 0.3) is 11.0 Å². The highest BCUT2D eigenvalue weighted by atomic mass is 35.5. The number of hydrogen-bond acceptors (Lipinski definition) is 3. The molecule has 0 saturated carbocycles. The Morgan fingerprint density at radius 2 is 2.00 bits per heavy atom. The highest BCUT2D eigenvalue weighted by Crippen LogP contribution is 2.30. The first-order valence-electron chi connectivity index (χ1n) is 7.00. The van der Waals surface area contributed by atoms with Gasteiger partial charge < -0.3 is 9.26 Å². The molecule has 1 aromatic heterocycles. The fourth-order valence-electron chi connectivity index (χ4n) is 2.37. The van der Waals surface area contributed by atoms with E-state index in [9.17, 15) is 0 Å². The van der Waals surface area contributed by atoms with Gasteiger partial charge in [-0.05, 0) is 25.1 Å². The van der Waals surface area contributed by atoms with Gasteiger partial charge in [0.25, 0.3) is 0 Å². The number of hydrogen-bond donors (Lipinski definition) is 0. The van der Waals surface area contributed by atoms with E-state index >= 15 is 0 Å². The molecule has 0 aliphatic heterocycles. The summed E-state index contributed by atoms with van der Waals surface area (Å²) in [6, 6.07) is 11.5. The van der Waals surface area contributed by atoms with E-state index in [1.165, 1.54) is 0 Å². The summed E-state index contributed by atoms with van der Waals surface area (Å²) in [4.78, 5) is 0. The molecule has 0 spiro atoms. The van der Waals surface area contributed by atoms with Crippen LogP contribution in [0.5, 0.6) is 5.75 Å². The van der Waals surface area contributed by atoms with Gasteiger partial charge in [0.05, 0.1) is 5.69 Å². The van der Waals surface area contributed by atoms with E-state index in [1.54, 1.807) is 0 Å². The SMILES string of the molecule is Cc1c(OCc2ccccc2Cl)ccc2c(CCCl)noc12. The zero-order chi connectivity index (χ0) is 15.5.